The Morgan fingerprint density at radius 3 is 2.21 bits per heavy atom. The molecule has 3 N–H and O–H groups in total. The number of alkyl halides is 3. The van der Waals surface area contributed by atoms with Gasteiger partial charge in [-0.1, -0.05) is 13.0 Å². The fourth-order valence-electron chi connectivity index (χ4n) is 1.84. The van der Waals surface area contributed by atoms with Crippen molar-refractivity contribution in [2.75, 3.05) is 0 Å². The minimum Gasteiger partial charge on any atom is -0.375 e. The summed E-state index contributed by atoms with van der Waals surface area (Å²) in [7, 11) is 0. The number of halogens is 5. The van der Waals surface area contributed by atoms with E-state index in [0.717, 1.165) is 6.07 Å². The molecule has 0 fully saturated rings. The summed E-state index contributed by atoms with van der Waals surface area (Å²) in [5, 5.41) is 9.84. The van der Waals surface area contributed by atoms with E-state index >= 15 is 0 Å². The molecule has 0 spiro atoms. The Bertz CT molecular complexity index is 474. The van der Waals surface area contributed by atoms with Crippen molar-refractivity contribution in [1.29, 1.82) is 0 Å². The second-order valence-corrected chi connectivity index (χ2v) is 4.33. The molecule has 0 aliphatic carbocycles. The molecule has 1 rings (SSSR count). The van der Waals surface area contributed by atoms with Gasteiger partial charge in [-0.05, 0) is 25.0 Å². The molecule has 0 aliphatic rings. The van der Waals surface area contributed by atoms with E-state index in [1.54, 1.807) is 0 Å². The van der Waals surface area contributed by atoms with Crippen LogP contribution in [0.4, 0.5) is 22.0 Å². The zero-order valence-electron chi connectivity index (χ0n) is 10.4. The number of aliphatic hydroxyl groups is 1. The Morgan fingerprint density at radius 1 is 1.26 bits per heavy atom. The molecule has 0 saturated carbocycles. The summed E-state index contributed by atoms with van der Waals surface area (Å²) in [6.45, 7) is 2.46. The van der Waals surface area contributed by atoms with Crippen molar-refractivity contribution >= 4 is 0 Å². The smallest absolute Gasteiger partial charge is 0.375 e. The van der Waals surface area contributed by atoms with Crippen LogP contribution < -0.4 is 5.73 Å². The van der Waals surface area contributed by atoms with Gasteiger partial charge in [-0.15, -0.1) is 0 Å². The van der Waals surface area contributed by atoms with E-state index in [-0.39, 0.29) is 12.0 Å². The maximum Gasteiger partial charge on any atom is 0.423 e. The third-order valence-corrected chi connectivity index (χ3v) is 3.07. The summed E-state index contributed by atoms with van der Waals surface area (Å²) in [6.07, 6.45) is -5.60. The van der Waals surface area contributed by atoms with Gasteiger partial charge in [0.1, 0.15) is 11.6 Å². The van der Waals surface area contributed by atoms with Crippen molar-refractivity contribution in [3.8, 4) is 0 Å². The van der Waals surface area contributed by atoms with Crippen molar-refractivity contribution in [3.63, 3.8) is 0 Å². The highest BCUT2D eigenvalue weighted by Crippen LogP contribution is 2.44. The van der Waals surface area contributed by atoms with Gasteiger partial charge >= 0.3 is 6.18 Å². The second kappa shape index (κ2) is 5.05. The van der Waals surface area contributed by atoms with Gasteiger partial charge < -0.3 is 10.8 Å². The van der Waals surface area contributed by atoms with Crippen LogP contribution in [0.3, 0.4) is 0 Å². The number of hydrogen-bond acceptors (Lipinski definition) is 2. The highest BCUT2D eigenvalue weighted by atomic mass is 19.4. The van der Waals surface area contributed by atoms with Gasteiger partial charge in [0.25, 0.3) is 0 Å². The molecule has 0 aliphatic heterocycles. The zero-order valence-corrected chi connectivity index (χ0v) is 10.4. The molecule has 0 amide bonds. The van der Waals surface area contributed by atoms with E-state index in [4.69, 9.17) is 5.73 Å². The first-order valence-corrected chi connectivity index (χ1v) is 5.57. The van der Waals surface area contributed by atoms with Crippen molar-refractivity contribution in [2.45, 2.75) is 38.1 Å². The number of hydrogen-bond donors (Lipinski definition) is 2. The third kappa shape index (κ3) is 2.44. The van der Waals surface area contributed by atoms with Gasteiger partial charge in [0.2, 0.25) is 5.60 Å². The molecular weight excluding hydrogens is 269 g/mol. The molecule has 2 nitrogen and oxygen atoms in total. The number of rotatable bonds is 3. The molecule has 7 heteroatoms. The van der Waals surface area contributed by atoms with Gasteiger partial charge in [-0.25, -0.2) is 8.78 Å². The molecule has 19 heavy (non-hydrogen) atoms. The molecular formula is C12H14F5NO. The molecule has 0 bridgehead atoms. The van der Waals surface area contributed by atoms with Crippen LogP contribution in [-0.4, -0.2) is 17.3 Å². The van der Waals surface area contributed by atoms with Crippen LogP contribution in [0.25, 0.3) is 0 Å². The maximum absolute atomic E-state index is 13.8. The standard InChI is InChI=1S/C12H14F5NO/c1-3-8(18)11(19,12(15,16)17)9-7(13)5-4-6(2)10(9)14/h4-5,8,19H,3,18H2,1-2H3. The molecule has 1 aromatic carbocycles. The predicted octanol–water partition coefficient (Wildman–Crippen LogP) is 2.76. The zero-order chi connectivity index (χ0) is 15.0. The van der Waals surface area contributed by atoms with Crippen molar-refractivity contribution in [2.24, 2.45) is 5.73 Å². The molecule has 2 atom stereocenters. The summed E-state index contributed by atoms with van der Waals surface area (Å²) in [5.74, 6) is -2.92. The topological polar surface area (TPSA) is 46.2 Å². The highest BCUT2D eigenvalue weighted by molar-refractivity contribution is 5.34. The van der Waals surface area contributed by atoms with Gasteiger partial charge in [-0.3, -0.25) is 0 Å². The summed E-state index contributed by atoms with van der Waals surface area (Å²) in [4.78, 5) is 0. The van der Waals surface area contributed by atoms with E-state index in [1.165, 1.54) is 13.8 Å². The number of benzene rings is 1. The highest BCUT2D eigenvalue weighted by Gasteiger charge is 2.60. The summed E-state index contributed by atoms with van der Waals surface area (Å²) >= 11 is 0. The number of aryl methyl sites for hydroxylation is 1. The first-order chi connectivity index (χ1) is 8.57. The third-order valence-electron chi connectivity index (χ3n) is 3.07. The van der Waals surface area contributed by atoms with E-state index in [1.807, 2.05) is 0 Å². The largest absolute Gasteiger partial charge is 0.423 e. The lowest BCUT2D eigenvalue weighted by atomic mass is 9.83. The fraction of sp³-hybridized carbons (Fsp3) is 0.500. The SMILES string of the molecule is CCC(N)C(O)(c1c(F)ccc(C)c1F)C(F)(F)F. The van der Waals surface area contributed by atoms with Crippen LogP contribution in [0.15, 0.2) is 12.1 Å². The van der Waals surface area contributed by atoms with Crippen LogP contribution in [-0.2, 0) is 5.60 Å². The van der Waals surface area contributed by atoms with Crippen LogP contribution in [0, 0.1) is 18.6 Å². The molecule has 0 radical (unpaired) electrons. The molecule has 2 unspecified atom stereocenters. The fourth-order valence-corrected chi connectivity index (χ4v) is 1.84. The van der Waals surface area contributed by atoms with E-state index in [2.05, 4.69) is 0 Å². The summed E-state index contributed by atoms with van der Waals surface area (Å²) in [5.41, 5.74) is -0.164. The van der Waals surface area contributed by atoms with E-state index < -0.39 is 35.0 Å². The van der Waals surface area contributed by atoms with Crippen LogP contribution in [0.5, 0.6) is 0 Å². The molecule has 0 heterocycles. The first kappa shape index (κ1) is 15.8. The van der Waals surface area contributed by atoms with Crippen LogP contribution in [0.1, 0.15) is 24.5 Å². The Labute approximate surface area is 107 Å². The minimum absolute atomic E-state index is 0.206. The number of nitrogens with two attached hydrogens (primary N) is 1. The normalized spacial score (nSPS) is 17.1. The average Bonchev–Trinajstić information content (AvgIpc) is 2.31. The van der Waals surface area contributed by atoms with Crippen LogP contribution in [0.2, 0.25) is 0 Å². The lowest BCUT2D eigenvalue weighted by Gasteiger charge is -2.36. The van der Waals surface area contributed by atoms with E-state index in [0.29, 0.717) is 6.07 Å². The second-order valence-electron chi connectivity index (χ2n) is 4.33. The van der Waals surface area contributed by atoms with Crippen molar-refractivity contribution in [1.82, 2.24) is 0 Å². The van der Waals surface area contributed by atoms with Gasteiger partial charge in [-0.2, -0.15) is 13.2 Å². The molecule has 0 aromatic heterocycles. The lowest BCUT2D eigenvalue weighted by molar-refractivity contribution is -0.276. The Balaban J connectivity index is 3.65. The maximum atomic E-state index is 13.8. The van der Waals surface area contributed by atoms with Crippen molar-refractivity contribution < 1.29 is 27.1 Å². The Morgan fingerprint density at radius 2 is 1.79 bits per heavy atom. The van der Waals surface area contributed by atoms with Gasteiger partial charge in [0.05, 0.1) is 5.56 Å². The van der Waals surface area contributed by atoms with Gasteiger partial charge in [0, 0.05) is 6.04 Å². The average molecular weight is 283 g/mol. The molecule has 0 saturated heterocycles. The summed E-state index contributed by atoms with van der Waals surface area (Å²) < 4.78 is 66.6. The monoisotopic (exact) mass is 283 g/mol. The van der Waals surface area contributed by atoms with E-state index in [9.17, 15) is 27.1 Å². The molecule has 1 aromatic rings. The Hall–Kier alpha value is -1.21. The van der Waals surface area contributed by atoms with Crippen molar-refractivity contribution in [3.05, 3.63) is 34.9 Å². The quantitative estimate of drug-likeness (QED) is 0.838. The van der Waals surface area contributed by atoms with Crippen LogP contribution >= 0.6 is 0 Å². The molecule has 108 valence electrons. The van der Waals surface area contributed by atoms with Gasteiger partial charge in [0.15, 0.2) is 0 Å². The predicted molar refractivity (Wildman–Crippen MR) is 59.3 cm³/mol. The first-order valence-electron chi connectivity index (χ1n) is 5.57. The summed E-state index contributed by atoms with van der Waals surface area (Å²) in [6, 6.07) is -0.215. The Kier molecular flexibility index (Phi) is 4.21. The lowest BCUT2D eigenvalue weighted by Crippen LogP contribution is -2.56. The minimum atomic E-state index is -5.29.